The van der Waals surface area contributed by atoms with Crippen LogP contribution in [0.4, 0.5) is 0 Å². The fourth-order valence-electron chi connectivity index (χ4n) is 3.82. The van der Waals surface area contributed by atoms with Gasteiger partial charge in [0.15, 0.2) is 0 Å². The van der Waals surface area contributed by atoms with Gasteiger partial charge in [-0.2, -0.15) is 0 Å². The zero-order valence-electron chi connectivity index (χ0n) is 16.1. The highest BCUT2D eigenvalue weighted by Crippen LogP contribution is 2.22. The molecule has 0 spiro atoms. The van der Waals surface area contributed by atoms with Crippen molar-refractivity contribution in [3.05, 3.63) is 12.3 Å². The number of hydrogen-bond donors (Lipinski definition) is 0. The smallest absolute Gasteiger partial charge is 0.129 e. The third-order valence-corrected chi connectivity index (χ3v) is 5.41. The lowest BCUT2D eigenvalue weighted by molar-refractivity contribution is -0.755. The summed E-state index contributed by atoms with van der Waals surface area (Å²) in [6.45, 7) is 0. The molecule has 3 rings (SSSR count). The summed E-state index contributed by atoms with van der Waals surface area (Å²) in [5.41, 5.74) is 0. The van der Waals surface area contributed by atoms with Gasteiger partial charge >= 0.3 is 0 Å². The summed E-state index contributed by atoms with van der Waals surface area (Å²) in [6, 6.07) is 0. The van der Waals surface area contributed by atoms with E-state index in [0.717, 1.165) is 25.7 Å². The normalized spacial score (nSPS) is 29.5. The molecule has 6 heteroatoms. The quantitative estimate of drug-likeness (QED) is 0.457. The average Bonchev–Trinajstić information content (AvgIpc) is 2.65. The van der Waals surface area contributed by atoms with E-state index in [4.69, 9.17) is 9.78 Å². The van der Waals surface area contributed by atoms with Gasteiger partial charge in [0.05, 0.1) is 6.10 Å². The summed E-state index contributed by atoms with van der Waals surface area (Å²) >= 11 is 0. The van der Waals surface area contributed by atoms with Crippen LogP contribution in [0.5, 0.6) is 0 Å². The van der Waals surface area contributed by atoms with Crippen molar-refractivity contribution < 1.29 is 29.9 Å². The second kappa shape index (κ2) is 15.4. The van der Waals surface area contributed by atoms with Crippen LogP contribution in [0, 0.1) is 5.92 Å². The minimum atomic E-state index is 0.0259. The molecule has 1 saturated carbocycles. The van der Waals surface area contributed by atoms with Gasteiger partial charge < -0.3 is 4.89 Å². The van der Waals surface area contributed by atoms with E-state index in [-0.39, 0.29) is 6.10 Å². The van der Waals surface area contributed by atoms with Crippen molar-refractivity contribution in [2.75, 3.05) is 0 Å². The first-order chi connectivity index (χ1) is 12.9. The predicted molar refractivity (Wildman–Crippen MR) is 96.8 cm³/mol. The Labute approximate surface area is 157 Å². The van der Waals surface area contributed by atoms with Crippen LogP contribution in [0.25, 0.3) is 0 Å². The molecular formula is C20H36O6. The molecule has 3 aliphatic rings. The first-order valence-corrected chi connectivity index (χ1v) is 10.6. The lowest BCUT2D eigenvalue weighted by atomic mass is 9.93. The van der Waals surface area contributed by atoms with E-state index in [1.54, 1.807) is 0 Å². The lowest BCUT2D eigenvalue weighted by Crippen LogP contribution is -2.14. The van der Waals surface area contributed by atoms with Crippen molar-refractivity contribution >= 4 is 0 Å². The standard InChI is InChI=1S/C20H36O6/c1-3-7-11-15-20-16-12-8-4-2-6-10-14-19(13-9-5-1)17-18-21-23-25-26-24-22-20/h17-20H,1-16H2. The molecule has 2 heterocycles. The summed E-state index contributed by atoms with van der Waals surface area (Å²) < 4.78 is 0. The molecule has 0 aromatic rings. The summed E-state index contributed by atoms with van der Waals surface area (Å²) in [5, 5.41) is 17.8. The Kier molecular flexibility index (Phi) is 12.8. The van der Waals surface area contributed by atoms with Gasteiger partial charge in [-0.1, -0.05) is 77.0 Å². The van der Waals surface area contributed by atoms with Gasteiger partial charge in [-0.3, -0.25) is 0 Å². The summed E-state index contributed by atoms with van der Waals surface area (Å²) in [4.78, 5) is 10.2. The minimum Gasteiger partial charge on any atom is -0.314 e. The first kappa shape index (κ1) is 21.6. The summed E-state index contributed by atoms with van der Waals surface area (Å²) in [7, 11) is 0. The monoisotopic (exact) mass is 372 g/mol. The van der Waals surface area contributed by atoms with Crippen LogP contribution in [0.1, 0.15) is 103 Å². The van der Waals surface area contributed by atoms with Crippen molar-refractivity contribution in [3.63, 3.8) is 0 Å². The van der Waals surface area contributed by atoms with Crippen molar-refractivity contribution in [1.82, 2.24) is 0 Å². The fraction of sp³-hybridized carbons (Fsp3) is 0.900. The van der Waals surface area contributed by atoms with Crippen LogP contribution in [-0.2, 0) is 29.9 Å². The number of fused-ring (bicyclic) bond motifs is 20. The maximum atomic E-state index is 5.32. The number of hydrogen-bond acceptors (Lipinski definition) is 6. The van der Waals surface area contributed by atoms with Crippen LogP contribution in [0.15, 0.2) is 12.3 Å². The molecule has 26 heavy (non-hydrogen) atoms. The van der Waals surface area contributed by atoms with Crippen LogP contribution in [0.3, 0.4) is 0 Å². The van der Waals surface area contributed by atoms with E-state index in [1.165, 1.54) is 83.3 Å². The Bertz CT molecular complexity index is 329. The first-order valence-electron chi connectivity index (χ1n) is 10.6. The molecule has 152 valence electrons. The molecule has 0 amide bonds. The molecule has 0 atom stereocenters. The second-order valence-corrected chi connectivity index (χ2v) is 7.57. The second-order valence-electron chi connectivity index (χ2n) is 7.57. The van der Waals surface area contributed by atoms with Crippen LogP contribution >= 0.6 is 0 Å². The molecule has 1 fully saturated rings. The van der Waals surface area contributed by atoms with Crippen molar-refractivity contribution in [1.29, 1.82) is 0 Å². The van der Waals surface area contributed by atoms with Crippen LogP contribution in [0.2, 0.25) is 0 Å². The maximum absolute atomic E-state index is 5.32. The predicted octanol–water partition coefficient (Wildman–Crippen LogP) is 6.43. The highest BCUT2D eigenvalue weighted by Gasteiger charge is 2.12. The summed E-state index contributed by atoms with van der Waals surface area (Å²) in [6.07, 6.45) is 23.1. The highest BCUT2D eigenvalue weighted by atomic mass is 17.8. The molecule has 1 aliphatic carbocycles. The van der Waals surface area contributed by atoms with E-state index in [0.29, 0.717) is 5.92 Å². The Hall–Kier alpha value is -0.660. The van der Waals surface area contributed by atoms with E-state index in [1.807, 2.05) is 0 Å². The van der Waals surface area contributed by atoms with Crippen molar-refractivity contribution in [3.8, 4) is 0 Å². The molecule has 2 bridgehead atoms. The average molecular weight is 373 g/mol. The van der Waals surface area contributed by atoms with Crippen LogP contribution in [-0.4, -0.2) is 6.10 Å². The third kappa shape index (κ3) is 11.1. The number of rotatable bonds is 0. The molecule has 0 aromatic carbocycles. The number of allylic oxidation sites excluding steroid dienone is 1. The molecule has 0 unspecified atom stereocenters. The van der Waals surface area contributed by atoms with Gasteiger partial charge in [-0.15, -0.1) is 0 Å². The largest absolute Gasteiger partial charge is 0.314 e. The third-order valence-electron chi connectivity index (χ3n) is 5.41. The lowest BCUT2D eigenvalue weighted by Gasteiger charge is -2.16. The molecular weight excluding hydrogens is 336 g/mol. The molecule has 2 aliphatic heterocycles. The van der Waals surface area contributed by atoms with Crippen LogP contribution < -0.4 is 0 Å². The van der Waals surface area contributed by atoms with Gasteiger partial charge in [-0.05, 0) is 47.8 Å². The zero-order valence-corrected chi connectivity index (χ0v) is 16.1. The van der Waals surface area contributed by atoms with E-state index >= 15 is 0 Å². The van der Waals surface area contributed by atoms with Gasteiger partial charge in [0.25, 0.3) is 0 Å². The molecule has 0 aromatic heterocycles. The zero-order chi connectivity index (χ0) is 18.1. The highest BCUT2D eigenvalue weighted by molar-refractivity contribution is 4.82. The molecule has 0 radical (unpaired) electrons. The van der Waals surface area contributed by atoms with E-state index < -0.39 is 0 Å². The van der Waals surface area contributed by atoms with E-state index in [9.17, 15) is 0 Å². The Morgan fingerprint density at radius 2 is 1.00 bits per heavy atom. The summed E-state index contributed by atoms with van der Waals surface area (Å²) in [5.74, 6) is 0.526. The SMILES string of the molecule is C1=CC2CCCCCCCCC(CCCCCCCC2)OOOOOO1. The van der Waals surface area contributed by atoms with Crippen molar-refractivity contribution in [2.45, 2.75) is 109 Å². The van der Waals surface area contributed by atoms with Gasteiger partial charge in [0.1, 0.15) is 6.26 Å². The van der Waals surface area contributed by atoms with E-state index in [2.05, 4.69) is 26.2 Å². The van der Waals surface area contributed by atoms with Gasteiger partial charge in [0.2, 0.25) is 0 Å². The molecule has 6 nitrogen and oxygen atoms in total. The Morgan fingerprint density at radius 3 is 1.62 bits per heavy atom. The van der Waals surface area contributed by atoms with Gasteiger partial charge in [-0.25, -0.2) is 4.89 Å². The minimum absolute atomic E-state index is 0.0259. The van der Waals surface area contributed by atoms with Crippen molar-refractivity contribution in [2.24, 2.45) is 5.92 Å². The Morgan fingerprint density at radius 1 is 0.500 bits per heavy atom. The maximum Gasteiger partial charge on any atom is 0.129 e. The van der Waals surface area contributed by atoms with Gasteiger partial charge in [0, 0.05) is 10.1 Å². The molecule has 0 N–H and O–H groups in total. The molecule has 0 saturated heterocycles. The fourth-order valence-corrected chi connectivity index (χ4v) is 3.82. The topological polar surface area (TPSA) is 55.4 Å². The Balaban J connectivity index is 1.91.